The molecule has 0 atom stereocenters. The van der Waals surface area contributed by atoms with E-state index in [0.717, 1.165) is 21.5 Å². The topological polar surface area (TPSA) is 0 Å². The molecule has 80 valence electrons. The maximum absolute atomic E-state index is 13.5. The van der Waals surface area contributed by atoms with Gasteiger partial charge in [0.25, 0.3) is 5.92 Å². The Kier molecular flexibility index (Phi) is 4.53. The highest BCUT2D eigenvalue weighted by Crippen LogP contribution is 2.42. The van der Waals surface area contributed by atoms with Crippen LogP contribution in [0.4, 0.5) is 8.78 Å². The molecule has 0 aliphatic carbocycles. The van der Waals surface area contributed by atoms with Crippen molar-refractivity contribution >= 4 is 43.2 Å². The van der Waals surface area contributed by atoms with Crippen LogP contribution in [0.5, 0.6) is 0 Å². The van der Waals surface area contributed by atoms with Gasteiger partial charge in [0.1, 0.15) is 0 Å². The van der Waals surface area contributed by atoms with Crippen molar-refractivity contribution in [2.45, 2.75) is 32.1 Å². The molecule has 1 aromatic heterocycles. The predicted molar refractivity (Wildman–Crippen MR) is 63.1 cm³/mol. The number of hydrogen-bond donors (Lipinski definition) is 0. The first-order valence-corrected chi connectivity index (χ1v) is 6.70. The largest absolute Gasteiger partial charge is 0.282 e. The zero-order valence-corrected chi connectivity index (χ0v) is 11.6. The van der Waals surface area contributed by atoms with E-state index in [2.05, 4.69) is 31.9 Å². The maximum atomic E-state index is 13.5. The molecule has 0 fully saturated rings. The van der Waals surface area contributed by atoms with E-state index in [-0.39, 0.29) is 11.3 Å². The molecule has 0 aliphatic rings. The summed E-state index contributed by atoms with van der Waals surface area (Å²) in [6, 6.07) is 1.49. The van der Waals surface area contributed by atoms with Crippen LogP contribution in [0.25, 0.3) is 0 Å². The molecule has 0 spiro atoms. The van der Waals surface area contributed by atoms with Crippen molar-refractivity contribution < 1.29 is 8.78 Å². The van der Waals surface area contributed by atoms with Crippen LogP contribution in [0.15, 0.2) is 14.3 Å². The first-order valence-electron chi connectivity index (χ1n) is 4.30. The molecule has 0 aliphatic heterocycles. The van der Waals surface area contributed by atoms with E-state index in [9.17, 15) is 8.78 Å². The van der Waals surface area contributed by atoms with Crippen LogP contribution in [-0.4, -0.2) is 0 Å². The van der Waals surface area contributed by atoms with Gasteiger partial charge in [0.2, 0.25) is 0 Å². The second-order valence-corrected chi connectivity index (χ2v) is 6.26. The highest BCUT2D eigenvalue weighted by molar-refractivity contribution is 9.13. The summed E-state index contributed by atoms with van der Waals surface area (Å²) >= 11 is 7.51. The lowest BCUT2D eigenvalue weighted by atomic mass is 10.1. The Labute approximate surface area is 103 Å². The molecule has 0 radical (unpaired) electrons. The van der Waals surface area contributed by atoms with E-state index in [1.165, 1.54) is 6.07 Å². The molecule has 0 bridgehead atoms. The average Bonchev–Trinajstić information content (AvgIpc) is 2.45. The highest BCUT2D eigenvalue weighted by atomic mass is 79.9. The van der Waals surface area contributed by atoms with Crippen LogP contribution in [0.2, 0.25) is 0 Å². The van der Waals surface area contributed by atoms with Crippen molar-refractivity contribution in [2.24, 2.45) is 0 Å². The average molecular weight is 348 g/mol. The third-order valence-electron chi connectivity index (χ3n) is 1.85. The normalized spacial score (nSPS) is 12.1. The van der Waals surface area contributed by atoms with Gasteiger partial charge in [-0.05, 0) is 44.3 Å². The van der Waals surface area contributed by atoms with Gasteiger partial charge in [-0.1, -0.05) is 13.3 Å². The molecular formula is C9H10Br2F2S. The molecular weight excluding hydrogens is 338 g/mol. The molecule has 0 aromatic carbocycles. The molecule has 14 heavy (non-hydrogen) atoms. The van der Waals surface area contributed by atoms with Crippen molar-refractivity contribution in [1.29, 1.82) is 0 Å². The van der Waals surface area contributed by atoms with Crippen molar-refractivity contribution in [1.82, 2.24) is 0 Å². The second kappa shape index (κ2) is 5.03. The summed E-state index contributed by atoms with van der Waals surface area (Å²) in [6.07, 6.45) is 1.28. The number of rotatable bonds is 4. The first kappa shape index (κ1) is 12.6. The highest BCUT2D eigenvalue weighted by Gasteiger charge is 2.33. The summed E-state index contributed by atoms with van der Waals surface area (Å²) in [5.74, 6) is -2.69. The molecule has 0 saturated heterocycles. The van der Waals surface area contributed by atoms with E-state index >= 15 is 0 Å². The molecule has 0 amide bonds. The monoisotopic (exact) mass is 346 g/mol. The van der Waals surface area contributed by atoms with Crippen molar-refractivity contribution in [3.8, 4) is 0 Å². The number of hydrogen-bond acceptors (Lipinski definition) is 1. The summed E-state index contributed by atoms with van der Waals surface area (Å²) in [5, 5.41) is 0. The van der Waals surface area contributed by atoms with E-state index in [4.69, 9.17) is 0 Å². The van der Waals surface area contributed by atoms with Gasteiger partial charge in [-0.3, -0.25) is 0 Å². The Morgan fingerprint density at radius 2 is 2.07 bits per heavy atom. The molecule has 0 unspecified atom stereocenters. The maximum Gasteiger partial charge on any atom is 0.282 e. The predicted octanol–water partition coefficient (Wildman–Crippen LogP) is 5.56. The Hall–Kier alpha value is 0.520. The smallest absolute Gasteiger partial charge is 0.200 e. The fourth-order valence-corrected chi connectivity index (χ4v) is 3.09. The van der Waals surface area contributed by atoms with Crippen molar-refractivity contribution in [3.05, 3.63) is 19.2 Å². The fourth-order valence-electron chi connectivity index (χ4n) is 1.05. The summed E-state index contributed by atoms with van der Waals surface area (Å²) in [5.41, 5.74) is 0. The zero-order chi connectivity index (χ0) is 10.8. The number of thiophene rings is 1. The quantitative estimate of drug-likeness (QED) is 0.669. The van der Waals surface area contributed by atoms with Crippen LogP contribution in [0.1, 0.15) is 31.1 Å². The Bertz CT molecular complexity index is 290. The lowest BCUT2D eigenvalue weighted by Crippen LogP contribution is -2.10. The van der Waals surface area contributed by atoms with Gasteiger partial charge in [-0.15, -0.1) is 11.3 Å². The van der Waals surface area contributed by atoms with Crippen LogP contribution in [-0.2, 0) is 5.92 Å². The third kappa shape index (κ3) is 3.00. The van der Waals surface area contributed by atoms with Gasteiger partial charge in [0.05, 0.1) is 8.66 Å². The Balaban J connectivity index is 2.80. The summed E-state index contributed by atoms with van der Waals surface area (Å²) in [7, 11) is 0. The fraction of sp³-hybridized carbons (Fsp3) is 0.556. The molecule has 5 heteroatoms. The minimum atomic E-state index is -2.69. The molecule has 0 nitrogen and oxygen atoms in total. The zero-order valence-electron chi connectivity index (χ0n) is 7.62. The summed E-state index contributed by atoms with van der Waals surface area (Å²) in [4.78, 5) is 0.129. The first-order chi connectivity index (χ1) is 6.47. The standard InChI is InChI=1S/C9H10Br2F2S/c1-2-3-4-9(12,13)7-5-6(10)8(11)14-7/h5H,2-4H2,1H3. The number of unbranched alkanes of at least 4 members (excludes halogenated alkanes) is 1. The Morgan fingerprint density at radius 3 is 2.50 bits per heavy atom. The van der Waals surface area contributed by atoms with Crippen LogP contribution < -0.4 is 0 Å². The molecule has 0 saturated carbocycles. The summed E-state index contributed by atoms with van der Waals surface area (Å²) < 4.78 is 28.4. The van der Waals surface area contributed by atoms with Gasteiger partial charge >= 0.3 is 0 Å². The van der Waals surface area contributed by atoms with Crippen LogP contribution >= 0.6 is 43.2 Å². The minimum Gasteiger partial charge on any atom is -0.200 e. The van der Waals surface area contributed by atoms with E-state index in [1.807, 2.05) is 6.92 Å². The van der Waals surface area contributed by atoms with Crippen molar-refractivity contribution in [3.63, 3.8) is 0 Å². The second-order valence-electron chi connectivity index (χ2n) is 3.04. The van der Waals surface area contributed by atoms with E-state index < -0.39 is 5.92 Å². The van der Waals surface area contributed by atoms with Crippen LogP contribution in [0.3, 0.4) is 0 Å². The lowest BCUT2D eigenvalue weighted by Gasteiger charge is -2.13. The summed E-state index contributed by atoms with van der Waals surface area (Å²) in [6.45, 7) is 1.91. The SMILES string of the molecule is CCCCC(F)(F)c1cc(Br)c(Br)s1. The van der Waals surface area contributed by atoms with Gasteiger partial charge in [-0.25, -0.2) is 8.78 Å². The van der Waals surface area contributed by atoms with Crippen LogP contribution in [0, 0.1) is 0 Å². The van der Waals surface area contributed by atoms with Gasteiger partial charge < -0.3 is 0 Å². The van der Waals surface area contributed by atoms with Gasteiger partial charge in [0, 0.05) is 10.9 Å². The van der Waals surface area contributed by atoms with E-state index in [1.54, 1.807) is 0 Å². The Morgan fingerprint density at radius 1 is 1.43 bits per heavy atom. The number of alkyl halides is 2. The number of halogens is 4. The van der Waals surface area contributed by atoms with Gasteiger partial charge in [0.15, 0.2) is 0 Å². The van der Waals surface area contributed by atoms with Gasteiger partial charge in [-0.2, -0.15) is 0 Å². The molecule has 0 N–H and O–H groups in total. The molecule has 1 rings (SSSR count). The lowest BCUT2D eigenvalue weighted by molar-refractivity contribution is -0.0116. The van der Waals surface area contributed by atoms with E-state index in [0.29, 0.717) is 10.9 Å². The van der Waals surface area contributed by atoms with Crippen molar-refractivity contribution in [2.75, 3.05) is 0 Å². The minimum absolute atomic E-state index is 0.0666. The molecule has 1 aromatic rings. The molecule has 1 heterocycles. The third-order valence-corrected chi connectivity index (χ3v) is 5.22.